The second-order valence-corrected chi connectivity index (χ2v) is 9.44. The Morgan fingerprint density at radius 2 is 2.11 bits per heavy atom. The number of hydrogen-bond acceptors (Lipinski definition) is 5. The molecule has 1 amide bonds. The van der Waals surface area contributed by atoms with Gasteiger partial charge in [-0.25, -0.2) is 13.4 Å². The fourth-order valence-corrected chi connectivity index (χ4v) is 4.49. The van der Waals surface area contributed by atoms with E-state index < -0.39 is 10.0 Å². The van der Waals surface area contributed by atoms with Crippen LogP contribution in [-0.2, 0) is 14.8 Å². The van der Waals surface area contributed by atoms with Gasteiger partial charge in [-0.05, 0) is 30.5 Å². The van der Waals surface area contributed by atoms with Gasteiger partial charge in [0.25, 0.3) is 0 Å². The van der Waals surface area contributed by atoms with Gasteiger partial charge >= 0.3 is 0 Å². The number of carbonyl (C=O) groups is 1. The molecular formula is C18H20N6O3S. The van der Waals surface area contributed by atoms with Crippen LogP contribution < -0.4 is 4.90 Å². The van der Waals surface area contributed by atoms with Crippen molar-refractivity contribution < 1.29 is 13.2 Å². The molecule has 146 valence electrons. The van der Waals surface area contributed by atoms with Crippen LogP contribution in [0.2, 0.25) is 0 Å². The molecule has 3 aromatic rings. The van der Waals surface area contributed by atoms with Crippen LogP contribution in [0.5, 0.6) is 0 Å². The third-order valence-corrected chi connectivity index (χ3v) is 6.65. The van der Waals surface area contributed by atoms with Gasteiger partial charge in [-0.3, -0.25) is 14.4 Å². The fourth-order valence-electron chi connectivity index (χ4n) is 3.61. The number of aromatic amines is 1. The average Bonchev–Trinajstić information content (AvgIpc) is 3.13. The maximum atomic E-state index is 11.6. The maximum absolute atomic E-state index is 11.6. The number of pyridine rings is 1. The van der Waals surface area contributed by atoms with Crippen molar-refractivity contribution in [3.63, 3.8) is 0 Å². The van der Waals surface area contributed by atoms with Crippen LogP contribution in [0.25, 0.3) is 22.2 Å². The third-order valence-electron chi connectivity index (χ3n) is 5.42. The lowest BCUT2D eigenvalue weighted by Crippen LogP contribution is -2.50. The molecule has 1 saturated carbocycles. The number of carbonyl (C=O) groups excluding carboxylic acids is 1. The van der Waals surface area contributed by atoms with Crippen LogP contribution >= 0.6 is 0 Å². The van der Waals surface area contributed by atoms with Gasteiger partial charge in [0.1, 0.15) is 11.5 Å². The minimum absolute atomic E-state index is 0.0319. The Morgan fingerprint density at radius 1 is 1.32 bits per heavy atom. The van der Waals surface area contributed by atoms with Gasteiger partial charge in [0.15, 0.2) is 0 Å². The van der Waals surface area contributed by atoms with Crippen LogP contribution in [0.4, 0.5) is 5.82 Å². The summed E-state index contributed by atoms with van der Waals surface area (Å²) in [7, 11) is -3.15. The van der Waals surface area contributed by atoms with Gasteiger partial charge in [-0.2, -0.15) is 9.40 Å². The highest BCUT2D eigenvalue weighted by atomic mass is 32.2. The van der Waals surface area contributed by atoms with E-state index in [1.165, 1.54) is 10.6 Å². The summed E-state index contributed by atoms with van der Waals surface area (Å²) in [5.41, 5.74) is 2.58. The fraction of sp³-hybridized carbons (Fsp3) is 0.389. The number of amides is 1. The number of nitrogens with one attached hydrogen (secondary N) is 1. The molecule has 3 aromatic heterocycles. The molecule has 1 saturated heterocycles. The largest absolute Gasteiger partial charge is 0.346 e. The summed E-state index contributed by atoms with van der Waals surface area (Å²) in [6.07, 6.45) is 9.58. The zero-order valence-electron chi connectivity index (χ0n) is 15.3. The maximum Gasteiger partial charge on any atom is 0.215 e. The van der Waals surface area contributed by atoms with Gasteiger partial charge in [0, 0.05) is 42.5 Å². The first kappa shape index (κ1) is 17.4. The Hall–Kier alpha value is -2.72. The smallest absolute Gasteiger partial charge is 0.215 e. The zero-order valence-corrected chi connectivity index (χ0v) is 16.1. The SMILES string of the molecule is CS(=O)(=O)N1CC(n2cc(-c3cc(N(C=O)C4CC4)nc4[nH]ccc34)cn2)C1. The molecule has 0 aromatic carbocycles. The molecule has 1 aliphatic carbocycles. The highest BCUT2D eigenvalue weighted by Gasteiger charge is 2.35. The Morgan fingerprint density at radius 3 is 2.79 bits per heavy atom. The molecule has 1 N–H and O–H groups in total. The highest BCUT2D eigenvalue weighted by Crippen LogP contribution is 2.35. The van der Waals surface area contributed by atoms with Gasteiger partial charge < -0.3 is 4.98 Å². The number of sulfonamides is 1. The van der Waals surface area contributed by atoms with Crippen molar-refractivity contribution >= 4 is 33.3 Å². The first-order valence-corrected chi connectivity index (χ1v) is 11.0. The summed E-state index contributed by atoms with van der Waals surface area (Å²) in [6, 6.07) is 4.14. The topological polar surface area (TPSA) is 104 Å². The molecule has 2 aliphatic rings. The van der Waals surface area contributed by atoms with Crippen LogP contribution in [0.3, 0.4) is 0 Å². The quantitative estimate of drug-likeness (QED) is 0.629. The molecule has 1 aliphatic heterocycles. The van der Waals surface area contributed by atoms with E-state index in [0.29, 0.717) is 18.9 Å². The predicted molar refractivity (Wildman–Crippen MR) is 104 cm³/mol. The number of H-pyrrole nitrogens is 1. The van der Waals surface area contributed by atoms with Gasteiger partial charge in [-0.15, -0.1) is 0 Å². The Balaban J connectivity index is 1.49. The number of anilines is 1. The molecule has 0 atom stereocenters. The Bertz CT molecular complexity index is 1160. The normalized spacial score (nSPS) is 18.3. The van der Waals surface area contributed by atoms with Crippen molar-refractivity contribution in [2.75, 3.05) is 24.2 Å². The molecule has 4 heterocycles. The summed E-state index contributed by atoms with van der Waals surface area (Å²) in [6.45, 7) is 0.865. The highest BCUT2D eigenvalue weighted by molar-refractivity contribution is 7.88. The van der Waals surface area contributed by atoms with Gasteiger partial charge in [-0.1, -0.05) is 0 Å². The molecule has 5 rings (SSSR count). The van der Waals surface area contributed by atoms with E-state index in [0.717, 1.165) is 41.4 Å². The van der Waals surface area contributed by atoms with Crippen LogP contribution in [-0.4, -0.2) is 64.3 Å². The molecule has 0 radical (unpaired) electrons. The number of aromatic nitrogens is 4. The van der Waals surface area contributed by atoms with E-state index in [1.807, 2.05) is 29.2 Å². The van der Waals surface area contributed by atoms with E-state index in [9.17, 15) is 13.2 Å². The minimum atomic E-state index is -3.15. The Kier molecular flexibility index (Phi) is 3.81. The molecule has 0 unspecified atom stereocenters. The predicted octanol–water partition coefficient (Wildman–Crippen LogP) is 1.37. The lowest BCUT2D eigenvalue weighted by atomic mass is 10.1. The lowest BCUT2D eigenvalue weighted by molar-refractivity contribution is -0.107. The molecule has 28 heavy (non-hydrogen) atoms. The number of hydrogen-bond donors (Lipinski definition) is 1. The van der Waals surface area contributed by atoms with Crippen molar-refractivity contribution in [2.24, 2.45) is 0 Å². The number of fused-ring (bicyclic) bond motifs is 1. The van der Waals surface area contributed by atoms with Crippen molar-refractivity contribution in [3.8, 4) is 11.1 Å². The minimum Gasteiger partial charge on any atom is -0.346 e. The van der Waals surface area contributed by atoms with E-state index in [-0.39, 0.29) is 12.1 Å². The summed E-state index contributed by atoms with van der Waals surface area (Å²) >= 11 is 0. The first-order chi connectivity index (χ1) is 13.4. The van der Waals surface area contributed by atoms with Crippen LogP contribution in [0, 0.1) is 0 Å². The molecule has 2 fully saturated rings. The summed E-state index contributed by atoms with van der Waals surface area (Å²) in [4.78, 5) is 21.0. The first-order valence-electron chi connectivity index (χ1n) is 9.15. The summed E-state index contributed by atoms with van der Waals surface area (Å²) in [5.74, 6) is 0.627. The van der Waals surface area contributed by atoms with Gasteiger partial charge in [0.05, 0.1) is 18.5 Å². The summed E-state index contributed by atoms with van der Waals surface area (Å²) < 4.78 is 26.4. The average molecular weight is 400 g/mol. The van der Waals surface area contributed by atoms with E-state index in [4.69, 9.17) is 0 Å². The number of nitrogens with zero attached hydrogens (tertiary/aromatic N) is 5. The van der Waals surface area contributed by atoms with Gasteiger partial charge in [0.2, 0.25) is 16.4 Å². The standard InChI is InChI=1S/C18H20N6O3S/c1-28(26,27)22-9-14(10-22)24-8-12(7-20-24)16-6-17(23(11-25)13-2-3-13)21-18-15(16)4-5-19-18/h4-8,11,13-14H,2-3,9-10H2,1H3,(H,19,21). The van der Waals surface area contributed by atoms with Crippen molar-refractivity contribution in [2.45, 2.75) is 24.9 Å². The number of rotatable bonds is 6. The molecular weight excluding hydrogens is 380 g/mol. The lowest BCUT2D eigenvalue weighted by Gasteiger charge is -2.37. The van der Waals surface area contributed by atoms with Crippen LogP contribution in [0.15, 0.2) is 30.7 Å². The van der Waals surface area contributed by atoms with Crippen LogP contribution in [0.1, 0.15) is 18.9 Å². The summed E-state index contributed by atoms with van der Waals surface area (Å²) in [5, 5.41) is 5.40. The Labute approximate surface area is 162 Å². The second kappa shape index (κ2) is 6.14. The third kappa shape index (κ3) is 2.89. The van der Waals surface area contributed by atoms with E-state index in [1.54, 1.807) is 11.1 Å². The van der Waals surface area contributed by atoms with E-state index >= 15 is 0 Å². The van der Waals surface area contributed by atoms with Crippen molar-refractivity contribution in [1.29, 1.82) is 0 Å². The monoisotopic (exact) mass is 400 g/mol. The molecule has 0 spiro atoms. The zero-order chi connectivity index (χ0) is 19.5. The van der Waals surface area contributed by atoms with Crippen molar-refractivity contribution in [1.82, 2.24) is 24.1 Å². The van der Waals surface area contributed by atoms with Crippen molar-refractivity contribution in [3.05, 3.63) is 30.7 Å². The van der Waals surface area contributed by atoms with E-state index in [2.05, 4.69) is 15.1 Å². The second-order valence-electron chi connectivity index (χ2n) is 7.45. The molecule has 9 nitrogen and oxygen atoms in total. The molecule has 10 heteroatoms. The molecule has 0 bridgehead atoms.